The number of rotatable bonds is 9. The molecule has 2 aromatic carbocycles. The Kier molecular flexibility index (Phi) is 7.46. The van der Waals surface area contributed by atoms with Crippen molar-refractivity contribution in [3.8, 4) is 5.75 Å². The Hall–Kier alpha value is -3.13. The molecule has 0 bridgehead atoms. The van der Waals surface area contributed by atoms with E-state index < -0.39 is 0 Å². The number of nitrogens with zero attached hydrogens (tertiary/aromatic N) is 3. The van der Waals surface area contributed by atoms with E-state index in [1.807, 2.05) is 43.7 Å². The van der Waals surface area contributed by atoms with E-state index in [0.29, 0.717) is 27.9 Å². The van der Waals surface area contributed by atoms with Gasteiger partial charge in [0.25, 0.3) is 5.91 Å². The van der Waals surface area contributed by atoms with Gasteiger partial charge in [0.05, 0.1) is 18.9 Å². The quantitative estimate of drug-likeness (QED) is 0.402. The zero-order valence-corrected chi connectivity index (χ0v) is 18.8. The molecule has 31 heavy (non-hydrogen) atoms. The number of hydrogen-bond donors (Lipinski definition) is 1. The summed E-state index contributed by atoms with van der Waals surface area (Å²) in [4.78, 5) is 25.2. The predicted molar refractivity (Wildman–Crippen MR) is 121 cm³/mol. The fraction of sp³-hybridized carbons (Fsp3) is 0.304. The Labute approximate surface area is 186 Å². The van der Waals surface area contributed by atoms with Gasteiger partial charge in [0.2, 0.25) is 0 Å². The second-order valence-corrected chi connectivity index (χ2v) is 8.35. The smallest absolute Gasteiger partial charge is 0.251 e. The molecule has 3 rings (SSSR count). The van der Waals surface area contributed by atoms with Crippen molar-refractivity contribution in [3.63, 3.8) is 0 Å². The lowest BCUT2D eigenvalue weighted by atomic mass is 10.0. The van der Waals surface area contributed by atoms with Crippen molar-refractivity contribution in [1.82, 2.24) is 20.1 Å². The Morgan fingerprint density at radius 3 is 2.45 bits per heavy atom. The SMILES string of the molecule is COc1cccc(C(=O)CSc2nnc(C(NC(=O)c3ccccc3)C(C)C)n2C)c1. The first-order chi connectivity index (χ1) is 14.9. The highest BCUT2D eigenvalue weighted by Crippen LogP contribution is 2.25. The van der Waals surface area contributed by atoms with Crippen molar-refractivity contribution in [2.45, 2.75) is 25.0 Å². The lowest BCUT2D eigenvalue weighted by Crippen LogP contribution is -2.33. The summed E-state index contributed by atoms with van der Waals surface area (Å²) < 4.78 is 7.02. The van der Waals surface area contributed by atoms with E-state index >= 15 is 0 Å². The van der Waals surface area contributed by atoms with Gasteiger partial charge >= 0.3 is 0 Å². The number of nitrogens with one attached hydrogen (secondary N) is 1. The summed E-state index contributed by atoms with van der Waals surface area (Å²) in [5, 5.41) is 12.2. The molecule has 3 aromatic rings. The number of amides is 1. The number of carbonyl (C=O) groups excluding carboxylic acids is 2. The molecule has 1 heterocycles. The minimum Gasteiger partial charge on any atom is -0.497 e. The number of Topliss-reactive ketones (excluding diaryl/α,β-unsaturated/α-hetero) is 1. The van der Waals surface area contributed by atoms with Crippen LogP contribution in [-0.4, -0.2) is 39.3 Å². The lowest BCUT2D eigenvalue weighted by Gasteiger charge is -2.21. The van der Waals surface area contributed by atoms with E-state index in [1.165, 1.54) is 11.8 Å². The van der Waals surface area contributed by atoms with Gasteiger partial charge in [0, 0.05) is 18.2 Å². The van der Waals surface area contributed by atoms with Crippen LogP contribution < -0.4 is 10.1 Å². The van der Waals surface area contributed by atoms with Crippen molar-refractivity contribution in [1.29, 1.82) is 0 Å². The number of carbonyl (C=O) groups is 2. The van der Waals surface area contributed by atoms with E-state index in [4.69, 9.17) is 4.74 Å². The summed E-state index contributed by atoms with van der Waals surface area (Å²) in [5.74, 6) is 1.44. The summed E-state index contributed by atoms with van der Waals surface area (Å²) in [6.45, 7) is 4.04. The summed E-state index contributed by atoms with van der Waals surface area (Å²) in [6, 6.07) is 15.8. The molecule has 0 spiro atoms. The average Bonchev–Trinajstić information content (AvgIpc) is 3.15. The maximum Gasteiger partial charge on any atom is 0.251 e. The first-order valence-electron chi connectivity index (χ1n) is 9.96. The molecule has 0 radical (unpaired) electrons. The van der Waals surface area contributed by atoms with Crippen molar-refractivity contribution >= 4 is 23.5 Å². The highest BCUT2D eigenvalue weighted by molar-refractivity contribution is 7.99. The van der Waals surface area contributed by atoms with Gasteiger partial charge in [-0.1, -0.05) is 55.9 Å². The van der Waals surface area contributed by atoms with Gasteiger partial charge in [-0.15, -0.1) is 10.2 Å². The number of ether oxygens (including phenoxy) is 1. The lowest BCUT2D eigenvalue weighted by molar-refractivity contribution is 0.0921. The zero-order chi connectivity index (χ0) is 22.4. The van der Waals surface area contributed by atoms with Crippen LogP contribution in [0, 0.1) is 5.92 Å². The molecule has 0 saturated heterocycles. The number of thioether (sulfide) groups is 1. The van der Waals surface area contributed by atoms with Gasteiger partial charge in [-0.2, -0.15) is 0 Å². The predicted octanol–water partition coefficient (Wildman–Crippen LogP) is 3.93. The van der Waals surface area contributed by atoms with E-state index in [0.717, 1.165) is 0 Å². The summed E-state index contributed by atoms with van der Waals surface area (Å²) in [6.07, 6.45) is 0. The molecule has 0 saturated carbocycles. The summed E-state index contributed by atoms with van der Waals surface area (Å²) in [7, 11) is 3.42. The molecule has 8 heteroatoms. The molecular weight excluding hydrogens is 412 g/mol. The van der Waals surface area contributed by atoms with Crippen LogP contribution in [0.5, 0.6) is 5.75 Å². The first-order valence-corrected chi connectivity index (χ1v) is 10.9. The largest absolute Gasteiger partial charge is 0.497 e. The number of methoxy groups -OCH3 is 1. The second kappa shape index (κ2) is 10.3. The van der Waals surface area contributed by atoms with Gasteiger partial charge in [0.15, 0.2) is 16.8 Å². The third kappa shape index (κ3) is 5.52. The molecule has 1 N–H and O–H groups in total. The van der Waals surface area contributed by atoms with Crippen molar-refractivity contribution in [2.24, 2.45) is 13.0 Å². The maximum absolute atomic E-state index is 12.6. The number of aromatic nitrogens is 3. The number of ketones is 1. The zero-order valence-electron chi connectivity index (χ0n) is 18.0. The molecule has 1 amide bonds. The minimum atomic E-state index is -0.311. The van der Waals surface area contributed by atoms with Crippen molar-refractivity contribution < 1.29 is 14.3 Å². The van der Waals surface area contributed by atoms with E-state index in [2.05, 4.69) is 15.5 Å². The Morgan fingerprint density at radius 1 is 1.06 bits per heavy atom. The van der Waals surface area contributed by atoms with Crippen LogP contribution in [0.3, 0.4) is 0 Å². The Morgan fingerprint density at radius 2 is 1.77 bits per heavy atom. The normalized spacial score (nSPS) is 11.9. The van der Waals surface area contributed by atoms with Crippen LogP contribution in [0.2, 0.25) is 0 Å². The average molecular weight is 439 g/mol. The molecule has 7 nitrogen and oxygen atoms in total. The minimum absolute atomic E-state index is 0.0220. The molecule has 0 aliphatic carbocycles. The van der Waals surface area contributed by atoms with Gasteiger partial charge < -0.3 is 14.6 Å². The third-order valence-corrected chi connectivity index (χ3v) is 5.88. The standard InChI is InChI=1S/C23H26N4O3S/c1-15(2)20(24-22(29)16-9-6-5-7-10-16)21-25-26-23(27(21)3)31-14-19(28)17-11-8-12-18(13-17)30-4/h5-13,15,20H,14H2,1-4H3,(H,24,29). The van der Waals surface area contributed by atoms with Crippen LogP contribution in [0.15, 0.2) is 59.8 Å². The van der Waals surface area contributed by atoms with Gasteiger partial charge in [-0.3, -0.25) is 9.59 Å². The molecule has 0 fully saturated rings. The maximum atomic E-state index is 12.6. The summed E-state index contributed by atoms with van der Waals surface area (Å²) >= 11 is 1.31. The van der Waals surface area contributed by atoms with Crippen molar-refractivity contribution in [2.75, 3.05) is 12.9 Å². The molecule has 0 aliphatic heterocycles. The Bertz CT molecular complexity index is 1050. The van der Waals surface area contributed by atoms with Crippen LogP contribution in [0.25, 0.3) is 0 Å². The fourth-order valence-electron chi connectivity index (χ4n) is 3.08. The van der Waals surface area contributed by atoms with Crippen molar-refractivity contribution in [3.05, 3.63) is 71.5 Å². The fourth-order valence-corrected chi connectivity index (χ4v) is 3.89. The van der Waals surface area contributed by atoms with Gasteiger partial charge in [0.1, 0.15) is 5.75 Å². The van der Waals surface area contributed by atoms with Gasteiger partial charge in [-0.05, 0) is 30.2 Å². The molecular formula is C23H26N4O3S. The highest BCUT2D eigenvalue weighted by Gasteiger charge is 2.25. The first kappa shape index (κ1) is 22.6. The number of hydrogen-bond acceptors (Lipinski definition) is 6. The number of benzene rings is 2. The summed E-state index contributed by atoms with van der Waals surface area (Å²) in [5.41, 5.74) is 1.18. The van der Waals surface area contributed by atoms with E-state index in [9.17, 15) is 9.59 Å². The van der Waals surface area contributed by atoms with Crippen LogP contribution >= 0.6 is 11.8 Å². The molecule has 1 unspecified atom stereocenters. The molecule has 1 aromatic heterocycles. The third-order valence-electron chi connectivity index (χ3n) is 4.86. The van der Waals surface area contributed by atoms with Gasteiger partial charge in [-0.25, -0.2) is 0 Å². The molecule has 1 atom stereocenters. The van der Waals surface area contributed by atoms with E-state index in [1.54, 1.807) is 43.5 Å². The second-order valence-electron chi connectivity index (χ2n) is 7.40. The van der Waals surface area contributed by atoms with Crippen LogP contribution in [0.1, 0.15) is 46.4 Å². The van der Waals surface area contributed by atoms with Crippen LogP contribution in [-0.2, 0) is 7.05 Å². The van der Waals surface area contributed by atoms with Crippen LogP contribution in [0.4, 0.5) is 0 Å². The molecule has 162 valence electrons. The monoisotopic (exact) mass is 438 g/mol. The topological polar surface area (TPSA) is 86.1 Å². The highest BCUT2D eigenvalue weighted by atomic mass is 32.2. The van der Waals surface area contributed by atoms with E-state index in [-0.39, 0.29) is 29.4 Å². The molecule has 0 aliphatic rings. The Balaban J connectivity index is 1.71.